The van der Waals surface area contributed by atoms with Crippen LogP contribution >= 0.6 is 0 Å². The Kier molecular flexibility index (Phi) is 2.65. The third-order valence-electron chi connectivity index (χ3n) is 1.50. The number of nitrogens with one attached hydrogen (secondary N) is 1. The number of hydrogen-bond donors (Lipinski definition) is 2. The molecule has 0 spiro atoms. The molecule has 0 radical (unpaired) electrons. The van der Waals surface area contributed by atoms with Crippen LogP contribution in [0.1, 0.15) is 12.8 Å². The Labute approximate surface area is 59.2 Å². The first-order chi connectivity index (χ1) is 4.79. The molecule has 58 valence electrons. The molecule has 1 unspecified atom stereocenters. The van der Waals surface area contributed by atoms with Crippen LogP contribution in [0.5, 0.6) is 0 Å². The summed E-state index contributed by atoms with van der Waals surface area (Å²) in [5.41, 5.74) is 0. The number of rotatable bonds is 3. The van der Waals surface area contributed by atoms with Crippen LogP contribution in [0.2, 0.25) is 0 Å². The zero-order valence-corrected chi connectivity index (χ0v) is 5.67. The summed E-state index contributed by atoms with van der Waals surface area (Å²) in [6.07, 6.45) is 0.885. The minimum Gasteiger partial charge on any atom is -0.481 e. The third-order valence-corrected chi connectivity index (χ3v) is 1.50. The molecule has 0 aromatic carbocycles. The lowest BCUT2D eigenvalue weighted by atomic mass is 10.2. The second kappa shape index (κ2) is 3.53. The second-order valence-corrected chi connectivity index (χ2v) is 2.35. The van der Waals surface area contributed by atoms with Gasteiger partial charge in [0.25, 0.3) is 0 Å². The van der Waals surface area contributed by atoms with Gasteiger partial charge in [0, 0.05) is 12.5 Å². The van der Waals surface area contributed by atoms with Crippen molar-refractivity contribution < 1.29 is 14.6 Å². The summed E-state index contributed by atoms with van der Waals surface area (Å²) in [7, 11) is 0. The Morgan fingerprint density at radius 3 is 3.10 bits per heavy atom. The van der Waals surface area contributed by atoms with Crippen LogP contribution in [0.25, 0.3) is 0 Å². The van der Waals surface area contributed by atoms with E-state index in [1.54, 1.807) is 0 Å². The molecular weight excluding hydrogens is 134 g/mol. The van der Waals surface area contributed by atoms with Gasteiger partial charge in [-0.2, -0.15) is 0 Å². The molecule has 10 heavy (non-hydrogen) atoms. The van der Waals surface area contributed by atoms with E-state index in [9.17, 15) is 4.79 Å². The summed E-state index contributed by atoms with van der Waals surface area (Å²) in [6, 6.07) is 0.246. The van der Waals surface area contributed by atoms with Crippen LogP contribution in [0.4, 0.5) is 0 Å². The van der Waals surface area contributed by atoms with Crippen LogP contribution in [-0.4, -0.2) is 30.5 Å². The highest BCUT2D eigenvalue weighted by Gasteiger charge is 2.14. The van der Waals surface area contributed by atoms with Crippen molar-refractivity contribution in [2.75, 3.05) is 13.3 Å². The third kappa shape index (κ3) is 2.33. The topological polar surface area (TPSA) is 58.6 Å². The van der Waals surface area contributed by atoms with Gasteiger partial charge >= 0.3 is 5.97 Å². The smallest absolute Gasteiger partial charge is 0.303 e. The Morgan fingerprint density at radius 2 is 2.60 bits per heavy atom. The van der Waals surface area contributed by atoms with E-state index in [4.69, 9.17) is 9.84 Å². The van der Waals surface area contributed by atoms with Gasteiger partial charge in [0.05, 0.1) is 13.3 Å². The highest BCUT2D eigenvalue weighted by Crippen LogP contribution is 2.02. The second-order valence-electron chi connectivity index (χ2n) is 2.35. The standard InChI is InChI=1S/C6H11NO3/c8-6(9)2-1-5-3-10-4-7-5/h5,7H,1-4H2,(H,8,9). The van der Waals surface area contributed by atoms with Gasteiger partial charge in [0.15, 0.2) is 0 Å². The Hall–Kier alpha value is -0.610. The molecular formula is C6H11NO3. The minimum atomic E-state index is -0.742. The van der Waals surface area contributed by atoms with E-state index >= 15 is 0 Å². The summed E-state index contributed by atoms with van der Waals surface area (Å²) in [5.74, 6) is -0.742. The molecule has 0 aromatic heterocycles. The molecule has 1 aliphatic heterocycles. The van der Waals surface area contributed by atoms with Crippen LogP contribution in [0.3, 0.4) is 0 Å². The van der Waals surface area contributed by atoms with Crippen molar-refractivity contribution in [2.24, 2.45) is 0 Å². The Balaban J connectivity index is 2.07. The zero-order valence-electron chi connectivity index (χ0n) is 5.67. The molecule has 1 saturated heterocycles. The maximum Gasteiger partial charge on any atom is 0.303 e. The highest BCUT2D eigenvalue weighted by atomic mass is 16.5. The first-order valence-corrected chi connectivity index (χ1v) is 3.32. The molecule has 0 amide bonds. The van der Waals surface area contributed by atoms with Gasteiger partial charge in [-0.3, -0.25) is 10.1 Å². The molecule has 0 aromatic rings. The molecule has 1 atom stereocenters. The van der Waals surface area contributed by atoms with Crippen molar-refractivity contribution in [3.8, 4) is 0 Å². The molecule has 0 aliphatic carbocycles. The van der Waals surface area contributed by atoms with Crippen LogP contribution < -0.4 is 5.32 Å². The van der Waals surface area contributed by atoms with Gasteiger partial charge in [0.1, 0.15) is 0 Å². The fraction of sp³-hybridized carbons (Fsp3) is 0.833. The van der Waals surface area contributed by atoms with E-state index in [1.165, 1.54) is 0 Å². The molecule has 1 rings (SSSR count). The zero-order chi connectivity index (χ0) is 7.40. The SMILES string of the molecule is O=C(O)CCC1COCN1. The van der Waals surface area contributed by atoms with E-state index in [1.807, 2.05) is 0 Å². The molecule has 0 bridgehead atoms. The molecule has 0 saturated carbocycles. The number of carboxylic acid groups (broad SMARTS) is 1. The summed E-state index contributed by atoms with van der Waals surface area (Å²) >= 11 is 0. The van der Waals surface area contributed by atoms with Gasteiger partial charge in [-0.1, -0.05) is 0 Å². The first-order valence-electron chi connectivity index (χ1n) is 3.32. The average Bonchev–Trinajstić information content (AvgIpc) is 2.34. The maximum atomic E-state index is 10.1. The molecule has 1 fully saturated rings. The van der Waals surface area contributed by atoms with Gasteiger partial charge in [-0.25, -0.2) is 0 Å². The molecule has 2 N–H and O–H groups in total. The van der Waals surface area contributed by atoms with Crippen LogP contribution in [0.15, 0.2) is 0 Å². The largest absolute Gasteiger partial charge is 0.481 e. The lowest BCUT2D eigenvalue weighted by Gasteiger charge is -2.03. The number of carbonyl (C=O) groups is 1. The number of ether oxygens (including phenoxy) is 1. The molecule has 4 nitrogen and oxygen atoms in total. The predicted molar refractivity (Wildman–Crippen MR) is 34.6 cm³/mol. The van der Waals surface area contributed by atoms with Crippen LogP contribution in [-0.2, 0) is 9.53 Å². The van der Waals surface area contributed by atoms with Crippen molar-refractivity contribution in [1.82, 2.24) is 5.32 Å². The van der Waals surface area contributed by atoms with E-state index in [0.29, 0.717) is 19.8 Å². The summed E-state index contributed by atoms with van der Waals surface area (Å²) in [4.78, 5) is 10.1. The lowest BCUT2D eigenvalue weighted by molar-refractivity contribution is -0.137. The van der Waals surface area contributed by atoms with Crippen molar-refractivity contribution in [2.45, 2.75) is 18.9 Å². The number of hydrogen-bond acceptors (Lipinski definition) is 3. The lowest BCUT2D eigenvalue weighted by Crippen LogP contribution is -2.24. The normalized spacial score (nSPS) is 25.0. The maximum absolute atomic E-state index is 10.1. The fourth-order valence-corrected chi connectivity index (χ4v) is 0.920. The summed E-state index contributed by atoms with van der Waals surface area (Å²) in [5, 5.41) is 11.3. The minimum absolute atomic E-state index is 0.223. The van der Waals surface area contributed by atoms with Gasteiger partial charge in [-0.15, -0.1) is 0 Å². The monoisotopic (exact) mass is 145 g/mol. The van der Waals surface area contributed by atoms with Crippen molar-refractivity contribution >= 4 is 5.97 Å². The van der Waals surface area contributed by atoms with E-state index in [-0.39, 0.29) is 12.5 Å². The van der Waals surface area contributed by atoms with Crippen molar-refractivity contribution in [3.63, 3.8) is 0 Å². The number of aliphatic carboxylic acids is 1. The highest BCUT2D eigenvalue weighted by molar-refractivity contribution is 5.66. The van der Waals surface area contributed by atoms with Crippen molar-refractivity contribution in [3.05, 3.63) is 0 Å². The molecule has 1 heterocycles. The Morgan fingerprint density at radius 1 is 1.80 bits per heavy atom. The Bertz CT molecular complexity index is 120. The summed E-state index contributed by atoms with van der Waals surface area (Å²) in [6.45, 7) is 1.21. The molecule has 1 aliphatic rings. The predicted octanol–water partition coefficient (Wildman–Crippen LogP) is -0.203. The van der Waals surface area contributed by atoms with Gasteiger partial charge < -0.3 is 9.84 Å². The first kappa shape index (κ1) is 7.50. The quantitative estimate of drug-likeness (QED) is 0.577. The van der Waals surface area contributed by atoms with E-state index in [2.05, 4.69) is 5.32 Å². The van der Waals surface area contributed by atoms with Crippen LogP contribution in [0, 0.1) is 0 Å². The fourth-order valence-electron chi connectivity index (χ4n) is 0.920. The van der Waals surface area contributed by atoms with Gasteiger partial charge in [-0.05, 0) is 6.42 Å². The van der Waals surface area contributed by atoms with Crippen molar-refractivity contribution in [1.29, 1.82) is 0 Å². The summed E-state index contributed by atoms with van der Waals surface area (Å²) < 4.78 is 4.99. The van der Waals surface area contributed by atoms with Gasteiger partial charge in [0.2, 0.25) is 0 Å². The molecule has 4 heteroatoms. The van der Waals surface area contributed by atoms with E-state index < -0.39 is 5.97 Å². The number of carboxylic acids is 1. The van der Waals surface area contributed by atoms with E-state index in [0.717, 1.165) is 0 Å². The average molecular weight is 145 g/mol.